The van der Waals surface area contributed by atoms with Crippen LogP contribution in [-0.4, -0.2) is 34.5 Å². The minimum absolute atomic E-state index is 0.0102. The number of nitrogens with one attached hydrogen (secondary N) is 2. The Hall–Kier alpha value is -1.90. The van der Waals surface area contributed by atoms with Crippen molar-refractivity contribution in [2.45, 2.75) is 30.3 Å². The van der Waals surface area contributed by atoms with Crippen molar-refractivity contribution in [1.82, 2.24) is 10.0 Å². The summed E-state index contributed by atoms with van der Waals surface area (Å²) < 4.78 is 27.3. The van der Waals surface area contributed by atoms with Crippen molar-refractivity contribution in [1.29, 1.82) is 0 Å². The summed E-state index contributed by atoms with van der Waals surface area (Å²) in [6.45, 7) is 0.347. The van der Waals surface area contributed by atoms with Gasteiger partial charge in [0.05, 0.1) is 0 Å². The lowest BCUT2D eigenvalue weighted by molar-refractivity contribution is 0.0952. The molecule has 0 saturated heterocycles. The van der Waals surface area contributed by atoms with Crippen molar-refractivity contribution >= 4 is 33.0 Å². The SMILES string of the molecule is CN(C)c1ccc(CNC(=O)c2sccc2S(=O)(=O)NC2CC2)cc1. The highest BCUT2D eigenvalue weighted by molar-refractivity contribution is 7.89. The van der Waals surface area contributed by atoms with Crippen LogP contribution in [0.3, 0.4) is 0 Å². The second-order valence-corrected chi connectivity index (χ2v) is 8.85. The average Bonchev–Trinajstić information content (AvgIpc) is 3.22. The van der Waals surface area contributed by atoms with Gasteiger partial charge in [-0.3, -0.25) is 4.79 Å². The third kappa shape index (κ3) is 4.39. The van der Waals surface area contributed by atoms with Gasteiger partial charge in [-0.1, -0.05) is 12.1 Å². The first-order valence-electron chi connectivity index (χ1n) is 8.01. The lowest BCUT2D eigenvalue weighted by Crippen LogP contribution is -2.29. The molecule has 25 heavy (non-hydrogen) atoms. The van der Waals surface area contributed by atoms with Crippen molar-refractivity contribution in [3.05, 3.63) is 46.2 Å². The quantitative estimate of drug-likeness (QED) is 0.773. The molecule has 0 unspecified atom stereocenters. The Balaban J connectivity index is 1.67. The average molecular weight is 380 g/mol. The summed E-state index contributed by atoms with van der Waals surface area (Å²) >= 11 is 1.14. The standard InChI is InChI=1S/C17H21N3O3S2/c1-20(2)14-7-3-12(4-8-14)11-18-17(21)16-15(9-10-24-16)25(22,23)19-13-5-6-13/h3-4,7-10,13,19H,5-6,11H2,1-2H3,(H,18,21). The van der Waals surface area contributed by atoms with Gasteiger partial charge in [-0.25, -0.2) is 13.1 Å². The monoisotopic (exact) mass is 379 g/mol. The molecule has 1 saturated carbocycles. The lowest BCUT2D eigenvalue weighted by Gasteiger charge is -2.13. The summed E-state index contributed by atoms with van der Waals surface area (Å²) in [5.74, 6) is -0.372. The predicted octanol–water partition coefficient (Wildman–Crippen LogP) is 2.18. The molecule has 0 aliphatic heterocycles. The number of carbonyl (C=O) groups excluding carboxylic acids is 1. The number of rotatable bonds is 7. The highest BCUT2D eigenvalue weighted by atomic mass is 32.2. The molecule has 2 N–H and O–H groups in total. The number of thiophene rings is 1. The number of amides is 1. The van der Waals surface area contributed by atoms with E-state index >= 15 is 0 Å². The fourth-order valence-electron chi connectivity index (χ4n) is 2.33. The van der Waals surface area contributed by atoms with E-state index < -0.39 is 10.0 Å². The van der Waals surface area contributed by atoms with E-state index in [0.29, 0.717) is 6.54 Å². The van der Waals surface area contributed by atoms with E-state index in [2.05, 4.69) is 10.0 Å². The Morgan fingerprint density at radius 2 is 1.88 bits per heavy atom. The Morgan fingerprint density at radius 1 is 1.20 bits per heavy atom. The molecule has 0 atom stereocenters. The van der Waals surface area contributed by atoms with E-state index in [4.69, 9.17) is 0 Å². The minimum Gasteiger partial charge on any atom is -0.378 e. The summed E-state index contributed by atoms with van der Waals surface area (Å²) in [6.07, 6.45) is 1.71. The Kier molecular flexibility index (Phi) is 5.12. The molecule has 0 radical (unpaired) electrons. The van der Waals surface area contributed by atoms with Gasteiger partial charge in [0.1, 0.15) is 9.77 Å². The molecule has 1 aliphatic rings. The van der Waals surface area contributed by atoms with Crippen molar-refractivity contribution in [2.24, 2.45) is 0 Å². The first-order valence-corrected chi connectivity index (χ1v) is 10.4. The summed E-state index contributed by atoms with van der Waals surface area (Å²) in [5, 5.41) is 4.42. The van der Waals surface area contributed by atoms with Crippen LogP contribution in [0.5, 0.6) is 0 Å². The lowest BCUT2D eigenvalue weighted by atomic mass is 10.2. The fourth-order valence-corrected chi connectivity index (χ4v) is 4.98. The minimum atomic E-state index is -3.63. The molecular formula is C17H21N3O3S2. The summed E-state index contributed by atoms with van der Waals surface area (Å²) in [6, 6.07) is 9.32. The number of sulfonamides is 1. The summed E-state index contributed by atoms with van der Waals surface area (Å²) in [5.41, 5.74) is 2.03. The van der Waals surface area contributed by atoms with Crippen LogP contribution in [0.4, 0.5) is 5.69 Å². The van der Waals surface area contributed by atoms with E-state index in [0.717, 1.165) is 35.4 Å². The van der Waals surface area contributed by atoms with Crippen molar-refractivity contribution < 1.29 is 13.2 Å². The molecule has 1 fully saturated rings. The summed E-state index contributed by atoms with van der Waals surface area (Å²) in [4.78, 5) is 14.7. The van der Waals surface area contributed by atoms with Crippen molar-refractivity contribution in [2.75, 3.05) is 19.0 Å². The molecule has 1 amide bonds. The van der Waals surface area contributed by atoms with Crippen molar-refractivity contribution in [3.8, 4) is 0 Å². The molecule has 134 valence electrons. The zero-order chi connectivity index (χ0) is 18.0. The summed E-state index contributed by atoms with van der Waals surface area (Å²) in [7, 11) is 0.294. The molecule has 3 rings (SSSR count). The van der Waals surface area contributed by atoms with Gasteiger partial charge in [0.15, 0.2) is 0 Å². The van der Waals surface area contributed by atoms with Gasteiger partial charge < -0.3 is 10.2 Å². The number of hydrogen-bond acceptors (Lipinski definition) is 5. The molecular weight excluding hydrogens is 358 g/mol. The van der Waals surface area contributed by atoms with Crippen LogP contribution in [0.15, 0.2) is 40.6 Å². The van der Waals surface area contributed by atoms with E-state index in [1.807, 2.05) is 43.3 Å². The van der Waals surface area contributed by atoms with Crippen LogP contribution in [0.1, 0.15) is 28.1 Å². The maximum absolute atomic E-state index is 12.4. The topological polar surface area (TPSA) is 78.5 Å². The van der Waals surface area contributed by atoms with E-state index in [9.17, 15) is 13.2 Å². The maximum Gasteiger partial charge on any atom is 0.263 e. The van der Waals surface area contributed by atoms with Crippen molar-refractivity contribution in [3.63, 3.8) is 0 Å². The smallest absolute Gasteiger partial charge is 0.263 e. The Bertz CT molecular complexity index is 854. The highest BCUT2D eigenvalue weighted by Crippen LogP contribution is 2.26. The van der Waals surface area contributed by atoms with Gasteiger partial charge in [0, 0.05) is 32.4 Å². The first-order chi connectivity index (χ1) is 11.9. The first kappa shape index (κ1) is 17.9. The van der Waals surface area contributed by atoms with Crippen LogP contribution in [0.25, 0.3) is 0 Å². The predicted molar refractivity (Wildman–Crippen MR) is 99.6 cm³/mol. The van der Waals surface area contributed by atoms with Crippen LogP contribution < -0.4 is 14.9 Å². The molecule has 1 aromatic carbocycles. The van der Waals surface area contributed by atoms with Gasteiger partial charge in [0.2, 0.25) is 10.0 Å². The largest absolute Gasteiger partial charge is 0.378 e. The molecule has 1 aliphatic carbocycles. The molecule has 0 spiro atoms. The van der Waals surface area contributed by atoms with Gasteiger partial charge in [-0.05, 0) is 42.0 Å². The number of hydrogen-bond donors (Lipinski definition) is 2. The fraction of sp³-hybridized carbons (Fsp3) is 0.353. The zero-order valence-corrected chi connectivity index (χ0v) is 15.8. The molecule has 0 bridgehead atoms. The highest BCUT2D eigenvalue weighted by Gasteiger charge is 2.31. The van der Waals surface area contributed by atoms with Crippen LogP contribution in [0, 0.1) is 0 Å². The number of carbonyl (C=O) groups is 1. The van der Waals surface area contributed by atoms with E-state index in [1.54, 1.807) is 5.38 Å². The normalized spacial score (nSPS) is 14.3. The van der Waals surface area contributed by atoms with Crippen LogP contribution in [-0.2, 0) is 16.6 Å². The molecule has 8 heteroatoms. The zero-order valence-electron chi connectivity index (χ0n) is 14.2. The molecule has 1 heterocycles. The van der Waals surface area contributed by atoms with E-state index in [-0.39, 0.29) is 21.7 Å². The molecule has 6 nitrogen and oxygen atoms in total. The third-order valence-electron chi connectivity index (χ3n) is 3.93. The second-order valence-electron chi connectivity index (χ2n) is 6.25. The van der Waals surface area contributed by atoms with Crippen LogP contribution in [0.2, 0.25) is 0 Å². The van der Waals surface area contributed by atoms with Gasteiger partial charge in [-0.15, -0.1) is 11.3 Å². The molecule has 2 aromatic rings. The number of anilines is 1. The van der Waals surface area contributed by atoms with Gasteiger partial charge >= 0.3 is 0 Å². The third-order valence-corrected chi connectivity index (χ3v) is 6.54. The second kappa shape index (κ2) is 7.15. The van der Waals surface area contributed by atoms with Gasteiger partial charge in [-0.2, -0.15) is 0 Å². The maximum atomic E-state index is 12.4. The van der Waals surface area contributed by atoms with E-state index in [1.165, 1.54) is 6.07 Å². The molecule has 1 aromatic heterocycles. The number of nitrogens with zero attached hydrogens (tertiary/aromatic N) is 1. The Labute approximate surface area is 151 Å². The Morgan fingerprint density at radius 3 is 2.48 bits per heavy atom. The van der Waals surface area contributed by atoms with Gasteiger partial charge in [0.25, 0.3) is 5.91 Å². The van der Waals surface area contributed by atoms with Crippen LogP contribution >= 0.6 is 11.3 Å². The number of benzene rings is 1.